The third-order valence-electron chi connectivity index (χ3n) is 6.86. The highest BCUT2D eigenvalue weighted by Crippen LogP contribution is 2.39. The molecule has 1 saturated carbocycles. The van der Waals surface area contributed by atoms with Crippen molar-refractivity contribution >= 4 is 46.1 Å². The molecule has 3 fully saturated rings. The lowest BCUT2D eigenvalue weighted by molar-refractivity contribution is -0.123. The lowest BCUT2D eigenvalue weighted by Gasteiger charge is -2.29. The molecule has 4 rings (SSSR count). The van der Waals surface area contributed by atoms with Gasteiger partial charge in [0.1, 0.15) is 21.8 Å². The van der Waals surface area contributed by atoms with Crippen molar-refractivity contribution in [2.24, 2.45) is 0 Å². The monoisotopic (exact) mass is 470 g/mol. The molecule has 3 aliphatic rings. The topological polar surface area (TPSA) is 69.3 Å². The summed E-state index contributed by atoms with van der Waals surface area (Å²) < 4.78 is 2.33. The first-order valence-corrected chi connectivity index (χ1v) is 12.9. The van der Waals surface area contributed by atoms with Crippen LogP contribution in [0, 0.1) is 18.3 Å². The average molecular weight is 471 g/mol. The van der Waals surface area contributed by atoms with Gasteiger partial charge < -0.3 is 4.90 Å². The number of thioether (sulfide) groups is 1. The van der Waals surface area contributed by atoms with Crippen LogP contribution in [0.4, 0.5) is 5.82 Å². The van der Waals surface area contributed by atoms with Crippen molar-refractivity contribution in [3.05, 3.63) is 31.9 Å². The number of pyridine rings is 1. The Balaban J connectivity index is 1.85. The normalized spacial score (nSPS) is 21.5. The van der Waals surface area contributed by atoms with Gasteiger partial charge in [0.15, 0.2) is 0 Å². The Labute approximate surface area is 199 Å². The van der Waals surface area contributed by atoms with E-state index in [1.165, 1.54) is 24.6 Å². The first-order valence-electron chi connectivity index (χ1n) is 11.7. The predicted molar refractivity (Wildman–Crippen MR) is 134 cm³/mol. The zero-order valence-electron chi connectivity index (χ0n) is 18.9. The number of amides is 1. The van der Waals surface area contributed by atoms with Crippen LogP contribution in [0.1, 0.15) is 75.0 Å². The summed E-state index contributed by atoms with van der Waals surface area (Å²) in [7, 11) is 0. The molecule has 0 N–H and O–H groups in total. The number of nitriles is 1. The number of anilines is 1. The van der Waals surface area contributed by atoms with Crippen molar-refractivity contribution < 1.29 is 4.79 Å². The highest BCUT2D eigenvalue weighted by molar-refractivity contribution is 8.26. The molecule has 0 radical (unpaired) electrons. The van der Waals surface area contributed by atoms with Gasteiger partial charge in [0.05, 0.1) is 4.91 Å². The summed E-state index contributed by atoms with van der Waals surface area (Å²) in [5, 5.41) is 9.73. The molecule has 8 heteroatoms. The minimum Gasteiger partial charge on any atom is -0.357 e. The van der Waals surface area contributed by atoms with E-state index in [-0.39, 0.29) is 23.1 Å². The third-order valence-corrected chi connectivity index (χ3v) is 8.19. The Bertz CT molecular complexity index is 1060. The second-order valence-electron chi connectivity index (χ2n) is 8.79. The van der Waals surface area contributed by atoms with E-state index >= 15 is 0 Å². The van der Waals surface area contributed by atoms with Crippen LogP contribution in [0.5, 0.6) is 0 Å². The molecule has 32 heavy (non-hydrogen) atoms. The zero-order chi connectivity index (χ0) is 22.8. The second kappa shape index (κ2) is 9.80. The zero-order valence-corrected chi connectivity index (χ0v) is 20.5. The molecule has 0 atom stereocenters. The van der Waals surface area contributed by atoms with Gasteiger partial charge in [-0.2, -0.15) is 5.26 Å². The van der Waals surface area contributed by atoms with Crippen LogP contribution in [-0.4, -0.2) is 38.8 Å². The number of rotatable bonds is 4. The van der Waals surface area contributed by atoms with E-state index in [0.717, 1.165) is 63.0 Å². The summed E-state index contributed by atoms with van der Waals surface area (Å²) in [5.74, 6) is 0.794. The maximum atomic E-state index is 13.3. The molecule has 3 heterocycles. The van der Waals surface area contributed by atoms with Gasteiger partial charge >= 0.3 is 0 Å². The van der Waals surface area contributed by atoms with E-state index in [1.807, 2.05) is 19.9 Å². The average Bonchev–Trinajstić information content (AvgIpc) is 3.28. The summed E-state index contributed by atoms with van der Waals surface area (Å²) in [5.41, 5.74) is 1.36. The number of carbonyl (C=O) groups is 1. The van der Waals surface area contributed by atoms with Crippen molar-refractivity contribution in [2.45, 2.75) is 77.8 Å². The van der Waals surface area contributed by atoms with E-state index < -0.39 is 0 Å². The van der Waals surface area contributed by atoms with Gasteiger partial charge in [-0.3, -0.25) is 19.1 Å². The van der Waals surface area contributed by atoms with Crippen LogP contribution in [0.25, 0.3) is 6.08 Å². The van der Waals surface area contributed by atoms with Crippen LogP contribution in [-0.2, 0) is 11.3 Å². The smallest absolute Gasteiger partial charge is 0.270 e. The van der Waals surface area contributed by atoms with Gasteiger partial charge in [-0.25, -0.2) is 0 Å². The molecule has 1 aromatic heterocycles. The van der Waals surface area contributed by atoms with E-state index in [1.54, 1.807) is 9.47 Å². The number of hydrogen-bond donors (Lipinski definition) is 0. The standard InChI is InChI=1S/C24H30N4O2S2/c1-3-27-21(26-12-8-4-5-9-13-26)18(16(2)19(15-25)22(27)29)14-20-23(30)28(24(31)32-20)17-10-6-7-11-17/h14,17H,3-13H2,1-2H3/b20-14-. The van der Waals surface area contributed by atoms with Crippen LogP contribution in [0.2, 0.25) is 0 Å². The Hall–Kier alpha value is -2.11. The van der Waals surface area contributed by atoms with Gasteiger partial charge in [0.25, 0.3) is 11.5 Å². The Kier molecular flexibility index (Phi) is 7.06. The Morgan fingerprint density at radius 2 is 1.78 bits per heavy atom. The van der Waals surface area contributed by atoms with Crippen LogP contribution < -0.4 is 10.5 Å². The molecular weight excluding hydrogens is 440 g/mol. The molecule has 2 aliphatic heterocycles. The van der Waals surface area contributed by atoms with Crippen molar-refractivity contribution in [2.75, 3.05) is 18.0 Å². The molecular formula is C24H30N4O2S2. The van der Waals surface area contributed by atoms with Crippen molar-refractivity contribution in [1.82, 2.24) is 9.47 Å². The first-order chi connectivity index (χ1) is 15.5. The summed E-state index contributed by atoms with van der Waals surface area (Å²) >= 11 is 6.93. The van der Waals surface area contributed by atoms with Crippen molar-refractivity contribution in [3.63, 3.8) is 0 Å². The minimum atomic E-state index is -0.248. The SMILES string of the molecule is CCn1c(N2CCCCCC2)c(/C=C2\SC(=S)N(C3CCCC3)C2=O)c(C)c(C#N)c1=O. The number of carbonyl (C=O) groups excluding carboxylic acids is 1. The summed E-state index contributed by atoms with van der Waals surface area (Å²) in [6, 6.07) is 2.30. The summed E-state index contributed by atoms with van der Waals surface area (Å²) in [4.78, 5) is 31.1. The van der Waals surface area contributed by atoms with Gasteiger partial charge in [0, 0.05) is 31.2 Å². The van der Waals surface area contributed by atoms with Gasteiger partial charge in [0.2, 0.25) is 0 Å². The second-order valence-corrected chi connectivity index (χ2v) is 10.5. The van der Waals surface area contributed by atoms with Gasteiger partial charge in [-0.1, -0.05) is 49.7 Å². The molecule has 170 valence electrons. The first kappa shape index (κ1) is 23.1. The lowest BCUT2D eigenvalue weighted by Crippen LogP contribution is -2.36. The maximum Gasteiger partial charge on any atom is 0.270 e. The number of nitrogens with zero attached hydrogens (tertiary/aromatic N) is 4. The number of thiocarbonyl (C=S) groups is 1. The molecule has 1 amide bonds. The van der Waals surface area contributed by atoms with Gasteiger partial charge in [-0.15, -0.1) is 0 Å². The molecule has 2 saturated heterocycles. The molecule has 0 unspecified atom stereocenters. The molecule has 1 aliphatic carbocycles. The third kappa shape index (κ3) is 4.13. The van der Waals surface area contributed by atoms with Crippen molar-refractivity contribution in [1.29, 1.82) is 5.26 Å². The summed E-state index contributed by atoms with van der Waals surface area (Å²) in [6.45, 7) is 5.97. The van der Waals surface area contributed by atoms with E-state index in [4.69, 9.17) is 12.2 Å². The lowest BCUT2D eigenvalue weighted by atomic mass is 10.0. The minimum absolute atomic E-state index is 0.0409. The van der Waals surface area contributed by atoms with Crippen LogP contribution in [0.15, 0.2) is 9.70 Å². The molecule has 1 aromatic rings. The Morgan fingerprint density at radius 3 is 2.38 bits per heavy atom. The van der Waals surface area contributed by atoms with Crippen LogP contribution in [0.3, 0.4) is 0 Å². The molecule has 0 aromatic carbocycles. The fourth-order valence-electron chi connectivity index (χ4n) is 5.15. The fraction of sp³-hybridized carbons (Fsp3) is 0.583. The largest absolute Gasteiger partial charge is 0.357 e. The highest BCUT2D eigenvalue weighted by Gasteiger charge is 2.38. The molecule has 0 spiro atoms. The summed E-state index contributed by atoms with van der Waals surface area (Å²) in [6.07, 6.45) is 10.6. The number of hydrogen-bond acceptors (Lipinski definition) is 6. The maximum absolute atomic E-state index is 13.3. The van der Waals surface area contributed by atoms with E-state index in [2.05, 4.69) is 11.0 Å². The highest BCUT2D eigenvalue weighted by atomic mass is 32.2. The van der Waals surface area contributed by atoms with E-state index in [9.17, 15) is 14.9 Å². The van der Waals surface area contributed by atoms with E-state index in [0.29, 0.717) is 21.3 Å². The van der Waals surface area contributed by atoms with Gasteiger partial charge in [-0.05, 0) is 51.2 Å². The number of aromatic nitrogens is 1. The Morgan fingerprint density at radius 1 is 1.12 bits per heavy atom. The fourth-order valence-corrected chi connectivity index (χ4v) is 6.53. The van der Waals surface area contributed by atoms with Crippen LogP contribution >= 0.6 is 24.0 Å². The quantitative estimate of drug-likeness (QED) is 0.474. The molecule has 6 nitrogen and oxygen atoms in total. The van der Waals surface area contributed by atoms with Crippen molar-refractivity contribution in [3.8, 4) is 6.07 Å². The predicted octanol–water partition coefficient (Wildman–Crippen LogP) is 4.57. The molecule has 0 bridgehead atoms.